The molecule has 72 valence electrons. The predicted octanol–water partition coefficient (Wildman–Crippen LogP) is 2.84. The molecule has 0 saturated heterocycles. The predicted molar refractivity (Wildman–Crippen MR) is 55.8 cm³/mol. The molecule has 4 heteroatoms. The van der Waals surface area contributed by atoms with Gasteiger partial charge in [-0.25, -0.2) is 0 Å². The van der Waals surface area contributed by atoms with Crippen molar-refractivity contribution in [1.82, 2.24) is 0 Å². The molecular formula is C10H6Cl2O2. The molecule has 0 spiro atoms. The van der Waals surface area contributed by atoms with Gasteiger partial charge in [-0.15, -0.1) is 0 Å². The van der Waals surface area contributed by atoms with Gasteiger partial charge in [0.05, 0.1) is 0 Å². The molecule has 0 fully saturated rings. The molecule has 0 atom stereocenters. The van der Waals surface area contributed by atoms with E-state index in [0.29, 0.717) is 10.6 Å². The number of carbonyl (C=O) groups is 2. The fourth-order valence-electron chi connectivity index (χ4n) is 0.852. The number of benzene rings is 1. The van der Waals surface area contributed by atoms with E-state index >= 15 is 0 Å². The molecule has 0 aliphatic rings. The summed E-state index contributed by atoms with van der Waals surface area (Å²) < 4.78 is 0. The zero-order valence-corrected chi connectivity index (χ0v) is 8.55. The quantitative estimate of drug-likeness (QED) is 0.453. The molecule has 0 bridgehead atoms. The van der Waals surface area contributed by atoms with E-state index in [1.807, 2.05) is 0 Å². The molecule has 14 heavy (non-hydrogen) atoms. The molecule has 0 N–H and O–H groups in total. The van der Waals surface area contributed by atoms with Crippen LogP contribution in [0, 0.1) is 0 Å². The van der Waals surface area contributed by atoms with Gasteiger partial charge >= 0.3 is 0 Å². The first kappa shape index (κ1) is 11.0. The highest BCUT2D eigenvalue weighted by Gasteiger charge is 2.01. The molecule has 2 nitrogen and oxygen atoms in total. The minimum absolute atomic E-state index is 0.282. The number of ketones is 1. The van der Waals surface area contributed by atoms with E-state index < -0.39 is 5.24 Å². The van der Waals surface area contributed by atoms with Crippen LogP contribution in [-0.4, -0.2) is 11.0 Å². The number of hydrogen-bond acceptors (Lipinski definition) is 2. The summed E-state index contributed by atoms with van der Waals surface area (Å²) >= 11 is 10.7. The first-order chi connectivity index (χ1) is 6.59. The summed E-state index contributed by atoms with van der Waals surface area (Å²) in [6.07, 6.45) is 2.14. The molecule has 0 aliphatic heterocycles. The lowest BCUT2D eigenvalue weighted by atomic mass is 10.1. The molecule has 1 rings (SSSR count). The topological polar surface area (TPSA) is 34.1 Å². The maximum absolute atomic E-state index is 11.3. The van der Waals surface area contributed by atoms with Gasteiger partial charge in [-0.2, -0.15) is 0 Å². The lowest BCUT2D eigenvalue weighted by Crippen LogP contribution is -1.94. The maximum Gasteiger partial charge on any atom is 0.245 e. The van der Waals surface area contributed by atoms with Crippen LogP contribution in [-0.2, 0) is 4.79 Å². The Hall–Kier alpha value is -1.12. The summed E-state index contributed by atoms with van der Waals surface area (Å²) in [5.41, 5.74) is 0.462. The minimum Gasteiger partial charge on any atom is -0.289 e. The van der Waals surface area contributed by atoms with Crippen LogP contribution in [0.15, 0.2) is 36.4 Å². The second-order valence-electron chi connectivity index (χ2n) is 2.51. The van der Waals surface area contributed by atoms with Crippen molar-refractivity contribution < 1.29 is 9.59 Å². The summed E-state index contributed by atoms with van der Waals surface area (Å²) in [6, 6.07) is 6.36. The van der Waals surface area contributed by atoms with Crippen molar-refractivity contribution in [2.75, 3.05) is 0 Å². The fourth-order valence-corrected chi connectivity index (χ4v) is 1.04. The van der Waals surface area contributed by atoms with E-state index in [4.69, 9.17) is 23.2 Å². The van der Waals surface area contributed by atoms with Crippen molar-refractivity contribution in [3.8, 4) is 0 Å². The molecule has 0 aromatic heterocycles. The lowest BCUT2D eigenvalue weighted by Gasteiger charge is -1.94. The van der Waals surface area contributed by atoms with Gasteiger partial charge in [-0.3, -0.25) is 9.59 Å². The van der Waals surface area contributed by atoms with E-state index in [2.05, 4.69) is 0 Å². The van der Waals surface area contributed by atoms with Gasteiger partial charge in [-0.1, -0.05) is 11.6 Å². The van der Waals surface area contributed by atoms with Gasteiger partial charge < -0.3 is 0 Å². The zero-order valence-electron chi connectivity index (χ0n) is 7.04. The third-order valence-corrected chi connectivity index (χ3v) is 1.87. The molecule has 0 heterocycles. The van der Waals surface area contributed by atoms with E-state index in [9.17, 15) is 9.59 Å². The Bertz CT molecular complexity index is 380. The Labute approximate surface area is 91.1 Å². The van der Waals surface area contributed by atoms with Crippen LogP contribution in [0.4, 0.5) is 0 Å². The summed E-state index contributed by atoms with van der Waals surface area (Å²) in [5, 5.41) is -0.119. The van der Waals surface area contributed by atoms with E-state index in [1.165, 1.54) is 0 Å². The van der Waals surface area contributed by atoms with Gasteiger partial charge in [0.15, 0.2) is 5.78 Å². The zero-order chi connectivity index (χ0) is 10.6. The van der Waals surface area contributed by atoms with Crippen molar-refractivity contribution >= 4 is 34.2 Å². The molecule has 0 radical (unpaired) electrons. The highest BCUT2D eigenvalue weighted by molar-refractivity contribution is 6.66. The van der Waals surface area contributed by atoms with Gasteiger partial charge in [-0.05, 0) is 41.9 Å². The van der Waals surface area contributed by atoms with Gasteiger partial charge in [0.25, 0.3) is 0 Å². The van der Waals surface area contributed by atoms with Gasteiger partial charge in [0.2, 0.25) is 5.24 Å². The molecular weight excluding hydrogens is 223 g/mol. The van der Waals surface area contributed by atoms with Crippen molar-refractivity contribution in [1.29, 1.82) is 0 Å². The Morgan fingerprint density at radius 2 is 1.64 bits per heavy atom. The normalized spacial score (nSPS) is 10.4. The van der Waals surface area contributed by atoms with Crippen LogP contribution < -0.4 is 0 Å². The van der Waals surface area contributed by atoms with Crippen molar-refractivity contribution in [3.05, 3.63) is 47.0 Å². The SMILES string of the molecule is O=C(Cl)/C=C/C(=O)c1ccc(Cl)cc1. The van der Waals surface area contributed by atoms with Crippen molar-refractivity contribution in [2.45, 2.75) is 0 Å². The van der Waals surface area contributed by atoms with Crippen molar-refractivity contribution in [3.63, 3.8) is 0 Å². The summed E-state index contributed by atoms with van der Waals surface area (Å²) in [5.74, 6) is -0.282. The third kappa shape index (κ3) is 3.32. The third-order valence-electron chi connectivity index (χ3n) is 1.49. The van der Waals surface area contributed by atoms with E-state index in [-0.39, 0.29) is 5.78 Å². The van der Waals surface area contributed by atoms with Gasteiger partial charge in [0, 0.05) is 16.7 Å². The van der Waals surface area contributed by atoms with Crippen LogP contribution in [0.5, 0.6) is 0 Å². The Kier molecular flexibility index (Phi) is 3.86. The second kappa shape index (κ2) is 4.94. The molecule has 1 aromatic carbocycles. The Morgan fingerprint density at radius 3 is 2.14 bits per heavy atom. The summed E-state index contributed by atoms with van der Waals surface area (Å²) in [6.45, 7) is 0. The van der Waals surface area contributed by atoms with Crippen LogP contribution in [0.25, 0.3) is 0 Å². The number of carbonyl (C=O) groups excluding carboxylic acids is 2. The van der Waals surface area contributed by atoms with Crippen LogP contribution in [0.2, 0.25) is 5.02 Å². The monoisotopic (exact) mass is 228 g/mol. The van der Waals surface area contributed by atoms with Gasteiger partial charge in [0.1, 0.15) is 0 Å². The molecule has 1 aromatic rings. The Morgan fingerprint density at radius 1 is 1.07 bits per heavy atom. The fraction of sp³-hybridized carbons (Fsp3) is 0. The summed E-state index contributed by atoms with van der Waals surface area (Å²) in [4.78, 5) is 21.7. The van der Waals surface area contributed by atoms with E-state index in [0.717, 1.165) is 12.2 Å². The van der Waals surface area contributed by atoms with E-state index in [1.54, 1.807) is 24.3 Å². The second-order valence-corrected chi connectivity index (χ2v) is 3.32. The smallest absolute Gasteiger partial charge is 0.245 e. The largest absolute Gasteiger partial charge is 0.289 e. The number of rotatable bonds is 3. The molecule has 0 unspecified atom stereocenters. The number of halogens is 2. The first-order valence-corrected chi connectivity index (χ1v) is 4.52. The van der Waals surface area contributed by atoms with Crippen LogP contribution in [0.3, 0.4) is 0 Å². The summed E-state index contributed by atoms with van der Waals surface area (Å²) in [7, 11) is 0. The lowest BCUT2D eigenvalue weighted by molar-refractivity contribution is -0.107. The van der Waals surface area contributed by atoms with Crippen LogP contribution >= 0.6 is 23.2 Å². The standard InChI is InChI=1S/C10H6Cl2O2/c11-8-3-1-7(2-4-8)9(13)5-6-10(12)14/h1-6H/b6-5+. The average Bonchev–Trinajstić information content (AvgIpc) is 2.15. The van der Waals surface area contributed by atoms with Crippen molar-refractivity contribution in [2.24, 2.45) is 0 Å². The molecule has 0 saturated carbocycles. The molecule has 0 amide bonds. The number of allylic oxidation sites excluding steroid dienone is 2. The average molecular weight is 229 g/mol. The van der Waals surface area contributed by atoms with Crippen LogP contribution in [0.1, 0.15) is 10.4 Å². The molecule has 0 aliphatic carbocycles. The number of hydrogen-bond donors (Lipinski definition) is 0. The highest BCUT2D eigenvalue weighted by atomic mass is 35.5. The first-order valence-electron chi connectivity index (χ1n) is 3.77. The maximum atomic E-state index is 11.3. The highest BCUT2D eigenvalue weighted by Crippen LogP contribution is 2.10. The Balaban J connectivity index is 2.80. The minimum atomic E-state index is -0.674.